The van der Waals surface area contributed by atoms with E-state index in [1.54, 1.807) is 0 Å². The highest BCUT2D eigenvalue weighted by atomic mass is 35.6. The first-order valence-electron chi connectivity index (χ1n) is 4.86. The third kappa shape index (κ3) is 3.58. The van der Waals surface area contributed by atoms with Crippen LogP contribution in [-0.2, 0) is 9.53 Å². The second-order valence-electron chi connectivity index (χ2n) is 3.72. The molecule has 1 heterocycles. The van der Waals surface area contributed by atoms with Gasteiger partial charge >= 0.3 is 0 Å². The molecule has 1 rings (SSSR count). The lowest BCUT2D eigenvalue weighted by molar-refractivity contribution is -0.235. The smallest absolute Gasteiger partial charge is 0.274 e. The predicted molar refractivity (Wildman–Crippen MR) is 62.2 cm³/mol. The lowest BCUT2D eigenvalue weighted by atomic mass is 9.98. The number of aliphatic hydroxyl groups excluding tert-OH is 4. The minimum Gasteiger partial charge on any atom is -0.394 e. The molecule has 0 aromatic carbocycles. The highest BCUT2D eigenvalue weighted by Gasteiger charge is 2.45. The molecule has 0 radical (unpaired) electrons. The Morgan fingerprint density at radius 2 is 1.72 bits per heavy atom. The minimum absolute atomic E-state index is 0.620. The summed E-state index contributed by atoms with van der Waals surface area (Å²) in [5, 5.41) is 39.4. The fourth-order valence-corrected chi connectivity index (χ4v) is 1.60. The van der Waals surface area contributed by atoms with E-state index in [1.165, 1.54) is 0 Å². The molecule has 5 atom stereocenters. The van der Waals surface area contributed by atoms with Crippen LogP contribution < -0.4 is 5.32 Å². The maximum Gasteiger partial charge on any atom is 0.274 e. The Morgan fingerprint density at radius 1 is 1.17 bits per heavy atom. The van der Waals surface area contributed by atoms with E-state index in [9.17, 15) is 20.1 Å². The Balaban J connectivity index is 2.74. The van der Waals surface area contributed by atoms with E-state index in [2.05, 4.69) is 0 Å². The van der Waals surface area contributed by atoms with Gasteiger partial charge in [0, 0.05) is 0 Å². The van der Waals surface area contributed by atoms with Crippen LogP contribution in [0.2, 0.25) is 0 Å². The topological polar surface area (TPSA) is 119 Å². The molecule has 1 saturated heterocycles. The van der Waals surface area contributed by atoms with Gasteiger partial charge in [0.05, 0.1) is 6.61 Å². The molecule has 0 aromatic rings. The van der Waals surface area contributed by atoms with Crippen molar-refractivity contribution < 1.29 is 30.0 Å². The van der Waals surface area contributed by atoms with E-state index in [1.807, 2.05) is 5.32 Å². The van der Waals surface area contributed by atoms with Crippen molar-refractivity contribution in [3.05, 3.63) is 0 Å². The van der Waals surface area contributed by atoms with Gasteiger partial charge in [-0.05, 0) is 0 Å². The number of carbonyl (C=O) groups is 1. The molecule has 5 N–H and O–H groups in total. The fourth-order valence-electron chi connectivity index (χ4n) is 1.43. The number of aliphatic hydroxyl groups is 4. The Kier molecular flexibility index (Phi) is 5.45. The highest BCUT2D eigenvalue weighted by molar-refractivity contribution is 6.76. The van der Waals surface area contributed by atoms with Crippen molar-refractivity contribution in [1.29, 1.82) is 0 Å². The van der Waals surface area contributed by atoms with Crippen molar-refractivity contribution in [3.8, 4) is 0 Å². The van der Waals surface area contributed by atoms with Crippen molar-refractivity contribution in [1.82, 2.24) is 5.32 Å². The molecule has 1 aliphatic rings. The predicted octanol–water partition coefficient (Wildman–Crippen LogP) is -1.73. The lowest BCUT2D eigenvalue weighted by Gasteiger charge is -2.40. The zero-order valence-corrected chi connectivity index (χ0v) is 11.1. The van der Waals surface area contributed by atoms with Gasteiger partial charge in [-0.1, -0.05) is 34.8 Å². The number of amides is 1. The molecule has 7 nitrogen and oxygen atoms in total. The maximum atomic E-state index is 11.4. The Labute approximate surface area is 117 Å². The number of hydrogen-bond donors (Lipinski definition) is 5. The monoisotopic (exact) mass is 323 g/mol. The van der Waals surface area contributed by atoms with Gasteiger partial charge in [-0.2, -0.15) is 0 Å². The molecule has 18 heavy (non-hydrogen) atoms. The van der Waals surface area contributed by atoms with Crippen LogP contribution in [0.3, 0.4) is 0 Å². The molecule has 10 heteroatoms. The molecule has 1 unspecified atom stereocenters. The van der Waals surface area contributed by atoms with Crippen LogP contribution in [0.1, 0.15) is 0 Å². The molecule has 0 aromatic heterocycles. The van der Waals surface area contributed by atoms with E-state index in [4.69, 9.17) is 44.6 Å². The van der Waals surface area contributed by atoms with Gasteiger partial charge in [0.1, 0.15) is 24.4 Å². The quantitative estimate of drug-likeness (QED) is 0.385. The molecule has 0 aliphatic carbocycles. The molecule has 106 valence electrons. The molecule has 0 bridgehead atoms. The first-order chi connectivity index (χ1) is 8.18. The average molecular weight is 325 g/mol. The van der Waals surface area contributed by atoms with E-state index < -0.39 is 47.0 Å². The number of hydrogen-bond acceptors (Lipinski definition) is 6. The standard InChI is InChI=1S/C8H12Cl3NO6/c9-8(10,11)7(17)12-6-5(16)4(15)3(14)2(1-13)18-6/h2-6,13-16H,1H2,(H,12,17)/t2-,3-,4+,5-,6?/m1/s1. The van der Waals surface area contributed by atoms with Gasteiger partial charge in [-0.25, -0.2) is 0 Å². The van der Waals surface area contributed by atoms with Crippen LogP contribution in [0, 0.1) is 0 Å². The summed E-state index contributed by atoms with van der Waals surface area (Å²) in [5.74, 6) is -1.07. The molecular formula is C8H12Cl3NO6. The summed E-state index contributed by atoms with van der Waals surface area (Å²) in [7, 11) is 0. The third-order valence-electron chi connectivity index (χ3n) is 2.42. The van der Waals surface area contributed by atoms with E-state index >= 15 is 0 Å². The van der Waals surface area contributed by atoms with Crippen molar-refractivity contribution in [2.75, 3.05) is 6.61 Å². The van der Waals surface area contributed by atoms with Crippen molar-refractivity contribution in [3.63, 3.8) is 0 Å². The van der Waals surface area contributed by atoms with Gasteiger partial charge in [0.25, 0.3) is 9.70 Å². The summed E-state index contributed by atoms with van der Waals surface area (Å²) >= 11 is 15.9. The number of ether oxygens (including phenoxy) is 1. The Hall–Kier alpha value is 0.140. The molecule has 1 amide bonds. The van der Waals surface area contributed by atoms with Gasteiger partial charge < -0.3 is 30.5 Å². The first kappa shape index (κ1) is 16.2. The number of alkyl halides is 3. The zero-order chi connectivity index (χ0) is 14.1. The summed E-state index contributed by atoms with van der Waals surface area (Å²) in [5.41, 5.74) is 0. The van der Waals surface area contributed by atoms with E-state index in [0.29, 0.717) is 0 Å². The first-order valence-corrected chi connectivity index (χ1v) is 6.00. The van der Waals surface area contributed by atoms with Crippen molar-refractivity contribution in [2.24, 2.45) is 0 Å². The molecule has 1 fully saturated rings. The molecule has 1 aliphatic heterocycles. The summed E-state index contributed by atoms with van der Waals surface area (Å²) in [4.78, 5) is 11.4. The summed E-state index contributed by atoms with van der Waals surface area (Å²) in [6.07, 6.45) is -7.32. The zero-order valence-electron chi connectivity index (χ0n) is 8.83. The minimum atomic E-state index is -2.27. The number of halogens is 3. The van der Waals surface area contributed by atoms with Crippen LogP contribution in [0.25, 0.3) is 0 Å². The lowest BCUT2D eigenvalue weighted by Crippen LogP contribution is -2.64. The molecular weight excluding hydrogens is 312 g/mol. The maximum absolute atomic E-state index is 11.4. The fraction of sp³-hybridized carbons (Fsp3) is 0.875. The summed E-state index contributed by atoms with van der Waals surface area (Å²) in [6, 6.07) is 0. The summed E-state index contributed by atoms with van der Waals surface area (Å²) in [6.45, 7) is -0.620. The highest BCUT2D eigenvalue weighted by Crippen LogP contribution is 2.27. The van der Waals surface area contributed by atoms with Gasteiger partial charge in [-0.3, -0.25) is 4.79 Å². The van der Waals surface area contributed by atoms with Crippen LogP contribution in [0.4, 0.5) is 0 Å². The molecule has 0 spiro atoms. The van der Waals surface area contributed by atoms with Crippen LogP contribution in [0.5, 0.6) is 0 Å². The van der Waals surface area contributed by atoms with Gasteiger partial charge in [-0.15, -0.1) is 0 Å². The number of rotatable bonds is 2. The van der Waals surface area contributed by atoms with Crippen molar-refractivity contribution >= 4 is 40.7 Å². The second-order valence-corrected chi connectivity index (χ2v) is 6.00. The van der Waals surface area contributed by atoms with Crippen LogP contribution in [0.15, 0.2) is 0 Å². The van der Waals surface area contributed by atoms with Gasteiger partial charge in [0.2, 0.25) is 0 Å². The van der Waals surface area contributed by atoms with E-state index in [-0.39, 0.29) is 0 Å². The number of carbonyl (C=O) groups excluding carboxylic acids is 1. The largest absolute Gasteiger partial charge is 0.394 e. The Morgan fingerprint density at radius 3 is 2.17 bits per heavy atom. The van der Waals surface area contributed by atoms with Crippen molar-refractivity contribution in [2.45, 2.75) is 34.4 Å². The number of nitrogens with one attached hydrogen (secondary N) is 1. The summed E-state index contributed by atoms with van der Waals surface area (Å²) < 4.78 is 2.71. The second kappa shape index (κ2) is 6.06. The Bertz CT molecular complexity index is 310. The van der Waals surface area contributed by atoms with Crippen LogP contribution in [-0.4, -0.2) is 67.4 Å². The average Bonchev–Trinajstić information content (AvgIpc) is 2.28. The van der Waals surface area contributed by atoms with Gasteiger partial charge in [0.15, 0.2) is 6.23 Å². The van der Waals surface area contributed by atoms with Crippen LogP contribution >= 0.6 is 34.8 Å². The molecule has 0 saturated carbocycles. The normalized spacial score (nSPS) is 37.4. The van der Waals surface area contributed by atoms with E-state index in [0.717, 1.165) is 0 Å². The third-order valence-corrected chi connectivity index (χ3v) is 2.94. The SMILES string of the molecule is O=C(NC1O[C@H](CO)[C@@H](O)[C@H](O)[C@H]1O)C(Cl)(Cl)Cl.